The van der Waals surface area contributed by atoms with Crippen LogP contribution in [0.2, 0.25) is 0 Å². The van der Waals surface area contributed by atoms with Crippen molar-refractivity contribution in [3.63, 3.8) is 0 Å². The van der Waals surface area contributed by atoms with Crippen LogP contribution in [0.15, 0.2) is 12.1 Å². The van der Waals surface area contributed by atoms with Crippen LogP contribution in [-0.2, 0) is 12.8 Å². The van der Waals surface area contributed by atoms with E-state index in [0.717, 1.165) is 37.8 Å². The minimum atomic E-state index is -0.00473. The molecule has 0 aliphatic heterocycles. The van der Waals surface area contributed by atoms with E-state index in [1.54, 1.807) is 12.1 Å². The quantitative estimate of drug-likeness (QED) is 0.684. The number of hydrogen-bond donors (Lipinski definition) is 3. The Morgan fingerprint density at radius 3 is 2.62 bits per heavy atom. The van der Waals surface area contributed by atoms with Gasteiger partial charge in [0.15, 0.2) is 11.5 Å². The number of rotatable bonds is 3. The Kier molecular flexibility index (Phi) is 3.34. The minimum Gasteiger partial charge on any atom is -0.504 e. The van der Waals surface area contributed by atoms with Gasteiger partial charge in [0, 0.05) is 6.04 Å². The molecule has 0 radical (unpaired) electrons. The summed E-state index contributed by atoms with van der Waals surface area (Å²) >= 11 is 0. The molecule has 3 heteroatoms. The second-order valence-corrected chi connectivity index (χ2v) is 4.50. The van der Waals surface area contributed by atoms with Crippen LogP contribution in [0.4, 0.5) is 0 Å². The SMILES string of the molecule is CCCN[C@@H]1CCc2cc(O)c(O)cc2C1. The van der Waals surface area contributed by atoms with Gasteiger partial charge in [0.05, 0.1) is 0 Å². The van der Waals surface area contributed by atoms with Gasteiger partial charge in [0.2, 0.25) is 0 Å². The summed E-state index contributed by atoms with van der Waals surface area (Å²) in [6.07, 6.45) is 4.18. The summed E-state index contributed by atoms with van der Waals surface area (Å²) in [5.41, 5.74) is 2.33. The molecule has 0 unspecified atom stereocenters. The van der Waals surface area contributed by atoms with Gasteiger partial charge in [-0.1, -0.05) is 6.92 Å². The molecule has 0 bridgehead atoms. The first-order valence-electron chi connectivity index (χ1n) is 5.97. The van der Waals surface area contributed by atoms with Gasteiger partial charge in [-0.3, -0.25) is 0 Å². The van der Waals surface area contributed by atoms with Gasteiger partial charge in [-0.2, -0.15) is 0 Å². The zero-order chi connectivity index (χ0) is 11.5. The van der Waals surface area contributed by atoms with Crippen LogP contribution >= 0.6 is 0 Å². The van der Waals surface area contributed by atoms with Crippen molar-refractivity contribution in [2.75, 3.05) is 6.54 Å². The molecular weight excluding hydrogens is 202 g/mol. The third-order valence-electron chi connectivity index (χ3n) is 3.21. The average molecular weight is 221 g/mol. The molecule has 1 aliphatic rings. The van der Waals surface area contributed by atoms with E-state index in [0.29, 0.717) is 6.04 Å². The molecular formula is C13H19NO2. The maximum absolute atomic E-state index is 9.47. The van der Waals surface area contributed by atoms with Gasteiger partial charge in [0.1, 0.15) is 0 Å². The van der Waals surface area contributed by atoms with E-state index in [9.17, 15) is 10.2 Å². The molecule has 16 heavy (non-hydrogen) atoms. The third-order valence-corrected chi connectivity index (χ3v) is 3.21. The molecule has 1 aliphatic carbocycles. The average Bonchev–Trinajstić information content (AvgIpc) is 2.28. The molecule has 0 spiro atoms. The van der Waals surface area contributed by atoms with Gasteiger partial charge in [0.25, 0.3) is 0 Å². The largest absolute Gasteiger partial charge is 0.504 e. The van der Waals surface area contributed by atoms with Crippen molar-refractivity contribution >= 4 is 0 Å². The second kappa shape index (κ2) is 4.74. The Balaban J connectivity index is 2.11. The zero-order valence-corrected chi connectivity index (χ0v) is 9.66. The van der Waals surface area contributed by atoms with E-state index in [2.05, 4.69) is 12.2 Å². The first-order valence-corrected chi connectivity index (χ1v) is 5.97. The lowest BCUT2D eigenvalue weighted by molar-refractivity contribution is 0.398. The fourth-order valence-electron chi connectivity index (χ4n) is 2.31. The van der Waals surface area contributed by atoms with Gasteiger partial charge in [-0.05, 0) is 55.5 Å². The molecule has 2 rings (SSSR count). The number of phenols is 2. The number of phenolic OH excluding ortho intramolecular Hbond substituents is 2. The topological polar surface area (TPSA) is 52.5 Å². The molecule has 0 saturated carbocycles. The summed E-state index contributed by atoms with van der Waals surface area (Å²) in [5.74, 6) is -0.00592. The molecule has 1 atom stereocenters. The van der Waals surface area contributed by atoms with Crippen molar-refractivity contribution in [2.24, 2.45) is 0 Å². The minimum absolute atomic E-state index is 0.00119. The van der Waals surface area contributed by atoms with Crippen LogP contribution < -0.4 is 5.32 Å². The third kappa shape index (κ3) is 2.30. The highest BCUT2D eigenvalue weighted by Gasteiger charge is 2.19. The zero-order valence-electron chi connectivity index (χ0n) is 9.66. The fraction of sp³-hybridized carbons (Fsp3) is 0.538. The molecule has 3 N–H and O–H groups in total. The Hall–Kier alpha value is -1.22. The van der Waals surface area contributed by atoms with Crippen LogP contribution in [0, 0.1) is 0 Å². The molecule has 3 nitrogen and oxygen atoms in total. The second-order valence-electron chi connectivity index (χ2n) is 4.50. The number of aryl methyl sites for hydroxylation is 1. The Morgan fingerprint density at radius 1 is 1.25 bits per heavy atom. The summed E-state index contributed by atoms with van der Waals surface area (Å²) in [4.78, 5) is 0. The number of aromatic hydroxyl groups is 2. The molecule has 0 heterocycles. The Labute approximate surface area is 96.1 Å². The van der Waals surface area contributed by atoms with E-state index in [4.69, 9.17) is 0 Å². The molecule has 1 aromatic carbocycles. The number of nitrogens with one attached hydrogen (secondary N) is 1. The highest BCUT2D eigenvalue weighted by molar-refractivity contribution is 5.46. The molecule has 1 aromatic rings. The Bertz CT molecular complexity index is 376. The van der Waals surface area contributed by atoms with Gasteiger partial charge in [-0.25, -0.2) is 0 Å². The standard InChI is InChI=1S/C13H19NO2/c1-2-5-14-11-4-3-9-7-12(15)13(16)8-10(9)6-11/h7-8,11,14-16H,2-6H2,1H3/t11-/m1/s1. The van der Waals surface area contributed by atoms with Crippen LogP contribution in [0.1, 0.15) is 30.9 Å². The summed E-state index contributed by atoms with van der Waals surface area (Å²) < 4.78 is 0. The van der Waals surface area contributed by atoms with Crippen LogP contribution in [0.3, 0.4) is 0 Å². The van der Waals surface area contributed by atoms with Crippen molar-refractivity contribution in [3.05, 3.63) is 23.3 Å². The van der Waals surface area contributed by atoms with Crippen LogP contribution in [0.5, 0.6) is 11.5 Å². The lowest BCUT2D eigenvalue weighted by Crippen LogP contribution is -2.34. The highest BCUT2D eigenvalue weighted by Crippen LogP contribution is 2.32. The van der Waals surface area contributed by atoms with Crippen LogP contribution in [0.25, 0.3) is 0 Å². The molecule has 88 valence electrons. The van der Waals surface area contributed by atoms with E-state index in [1.807, 2.05) is 0 Å². The van der Waals surface area contributed by atoms with E-state index in [-0.39, 0.29) is 11.5 Å². The van der Waals surface area contributed by atoms with E-state index in [1.165, 1.54) is 5.56 Å². The van der Waals surface area contributed by atoms with E-state index < -0.39 is 0 Å². The lowest BCUT2D eigenvalue weighted by Gasteiger charge is -2.25. The van der Waals surface area contributed by atoms with Crippen LogP contribution in [-0.4, -0.2) is 22.8 Å². The summed E-state index contributed by atoms with van der Waals surface area (Å²) in [6.45, 7) is 3.21. The first kappa shape index (κ1) is 11.3. The first-order chi connectivity index (χ1) is 7.70. The monoisotopic (exact) mass is 221 g/mol. The number of benzene rings is 1. The van der Waals surface area contributed by atoms with Gasteiger partial charge >= 0.3 is 0 Å². The Morgan fingerprint density at radius 2 is 1.94 bits per heavy atom. The van der Waals surface area contributed by atoms with Crippen molar-refractivity contribution in [2.45, 2.75) is 38.6 Å². The normalized spacial score (nSPS) is 19.4. The number of fused-ring (bicyclic) bond motifs is 1. The molecule has 0 aromatic heterocycles. The number of hydrogen-bond acceptors (Lipinski definition) is 3. The summed E-state index contributed by atoms with van der Waals surface area (Å²) in [6, 6.07) is 3.90. The highest BCUT2D eigenvalue weighted by atomic mass is 16.3. The lowest BCUT2D eigenvalue weighted by atomic mass is 9.88. The molecule has 0 fully saturated rings. The van der Waals surface area contributed by atoms with Gasteiger partial charge < -0.3 is 15.5 Å². The molecule has 0 saturated heterocycles. The van der Waals surface area contributed by atoms with Crippen molar-refractivity contribution in [1.82, 2.24) is 5.32 Å². The van der Waals surface area contributed by atoms with Crippen molar-refractivity contribution in [3.8, 4) is 11.5 Å². The fourth-order valence-corrected chi connectivity index (χ4v) is 2.31. The van der Waals surface area contributed by atoms with E-state index >= 15 is 0 Å². The molecule has 0 amide bonds. The predicted octanol–water partition coefficient (Wildman–Crippen LogP) is 1.95. The van der Waals surface area contributed by atoms with Gasteiger partial charge in [-0.15, -0.1) is 0 Å². The van der Waals surface area contributed by atoms with Crippen molar-refractivity contribution < 1.29 is 10.2 Å². The smallest absolute Gasteiger partial charge is 0.157 e. The maximum Gasteiger partial charge on any atom is 0.157 e. The summed E-state index contributed by atoms with van der Waals surface area (Å²) in [5, 5.41) is 22.4. The summed E-state index contributed by atoms with van der Waals surface area (Å²) in [7, 11) is 0. The van der Waals surface area contributed by atoms with Crippen molar-refractivity contribution in [1.29, 1.82) is 0 Å². The predicted molar refractivity (Wildman–Crippen MR) is 63.9 cm³/mol. The maximum atomic E-state index is 9.47.